The van der Waals surface area contributed by atoms with Crippen molar-refractivity contribution in [2.45, 2.75) is 0 Å². The van der Waals surface area contributed by atoms with Crippen LogP contribution >= 0.6 is 0 Å². The molecule has 0 saturated heterocycles. The molecule has 1 aromatic rings. The summed E-state index contributed by atoms with van der Waals surface area (Å²) >= 11 is 0. The van der Waals surface area contributed by atoms with Crippen molar-refractivity contribution in [2.24, 2.45) is 5.73 Å². The van der Waals surface area contributed by atoms with Crippen LogP contribution in [-0.4, -0.2) is 5.91 Å². The van der Waals surface area contributed by atoms with Gasteiger partial charge in [0.25, 0.3) is 0 Å². The van der Waals surface area contributed by atoms with Crippen molar-refractivity contribution in [1.82, 2.24) is 0 Å². The van der Waals surface area contributed by atoms with E-state index in [1.54, 1.807) is 6.08 Å². The number of carbonyl (C=O) groups is 1. The first-order chi connectivity index (χ1) is 7.27. The summed E-state index contributed by atoms with van der Waals surface area (Å²) in [5, 5.41) is 2.34. The minimum atomic E-state index is -0.361. The molecule has 0 bridgehead atoms. The molecular formula is C13H9NO. The zero-order valence-corrected chi connectivity index (χ0v) is 8.03. The monoisotopic (exact) mass is 195 g/mol. The molecule has 1 amide bonds. The Morgan fingerprint density at radius 1 is 1.07 bits per heavy atom. The minimum Gasteiger partial charge on any atom is -0.366 e. The second-order valence-corrected chi connectivity index (χ2v) is 3.67. The quantitative estimate of drug-likeness (QED) is 0.672. The number of hydrogen-bond donors (Lipinski definition) is 1. The molecule has 0 heterocycles. The van der Waals surface area contributed by atoms with Gasteiger partial charge in [-0.1, -0.05) is 30.3 Å². The molecule has 0 aliphatic heterocycles. The molecule has 2 heteroatoms. The van der Waals surface area contributed by atoms with Crippen LogP contribution in [0.1, 0.15) is 0 Å². The van der Waals surface area contributed by atoms with Crippen LogP contribution in [-0.2, 0) is 4.79 Å². The second kappa shape index (κ2) is 2.70. The van der Waals surface area contributed by atoms with Crippen molar-refractivity contribution in [1.29, 1.82) is 0 Å². The predicted octanol–water partition coefficient (Wildman–Crippen LogP) is -0.0169. The zero-order chi connectivity index (χ0) is 10.4. The maximum absolute atomic E-state index is 11.2. The Balaban J connectivity index is 2.43. The van der Waals surface area contributed by atoms with Crippen LogP contribution < -0.4 is 16.2 Å². The van der Waals surface area contributed by atoms with E-state index >= 15 is 0 Å². The Bertz CT molecular complexity index is 647. The van der Waals surface area contributed by atoms with Crippen LogP contribution in [0, 0.1) is 0 Å². The maximum Gasteiger partial charge on any atom is 0.249 e. The zero-order valence-electron chi connectivity index (χ0n) is 8.03. The third-order valence-electron chi connectivity index (χ3n) is 2.81. The molecular weight excluding hydrogens is 186 g/mol. The SMILES string of the molecule is NC(=O)C1=C2C=c3ccccc3=C2C=C1. The molecule has 0 unspecified atom stereocenters. The number of benzene rings is 1. The Morgan fingerprint density at radius 2 is 1.87 bits per heavy atom. The van der Waals surface area contributed by atoms with Crippen molar-refractivity contribution in [3.8, 4) is 0 Å². The summed E-state index contributed by atoms with van der Waals surface area (Å²) in [7, 11) is 0. The molecule has 0 spiro atoms. The van der Waals surface area contributed by atoms with Gasteiger partial charge in [-0.05, 0) is 33.7 Å². The fourth-order valence-electron chi connectivity index (χ4n) is 2.12. The van der Waals surface area contributed by atoms with Crippen LogP contribution in [0.15, 0.2) is 47.6 Å². The number of hydrogen-bond acceptors (Lipinski definition) is 1. The first-order valence-corrected chi connectivity index (χ1v) is 4.81. The Morgan fingerprint density at radius 3 is 2.67 bits per heavy atom. The lowest BCUT2D eigenvalue weighted by Crippen LogP contribution is -2.21. The summed E-state index contributed by atoms with van der Waals surface area (Å²) in [6, 6.07) is 8.09. The highest BCUT2D eigenvalue weighted by atomic mass is 16.1. The summed E-state index contributed by atoms with van der Waals surface area (Å²) in [6.07, 6.45) is 5.77. The molecule has 2 nitrogen and oxygen atoms in total. The van der Waals surface area contributed by atoms with Gasteiger partial charge in [-0.3, -0.25) is 4.79 Å². The van der Waals surface area contributed by atoms with Gasteiger partial charge in [0.1, 0.15) is 0 Å². The van der Waals surface area contributed by atoms with Gasteiger partial charge >= 0.3 is 0 Å². The van der Waals surface area contributed by atoms with E-state index in [1.807, 2.05) is 30.4 Å². The average Bonchev–Trinajstić information content (AvgIpc) is 2.74. The highest BCUT2D eigenvalue weighted by molar-refractivity contribution is 6.07. The van der Waals surface area contributed by atoms with Crippen molar-refractivity contribution >= 4 is 17.6 Å². The Hall–Kier alpha value is -2.09. The first kappa shape index (κ1) is 8.24. The Labute approximate surface area is 86.7 Å². The Kier molecular flexibility index (Phi) is 1.48. The third-order valence-corrected chi connectivity index (χ3v) is 2.81. The van der Waals surface area contributed by atoms with Gasteiger partial charge in [0.2, 0.25) is 5.91 Å². The van der Waals surface area contributed by atoms with Gasteiger partial charge in [-0.25, -0.2) is 0 Å². The van der Waals surface area contributed by atoms with Crippen LogP contribution in [0.5, 0.6) is 0 Å². The fraction of sp³-hybridized carbons (Fsp3) is 0. The van der Waals surface area contributed by atoms with E-state index < -0.39 is 0 Å². The number of amides is 1. The van der Waals surface area contributed by atoms with Gasteiger partial charge in [0.15, 0.2) is 0 Å². The first-order valence-electron chi connectivity index (χ1n) is 4.81. The number of primary amides is 1. The van der Waals surface area contributed by atoms with E-state index in [9.17, 15) is 4.79 Å². The smallest absolute Gasteiger partial charge is 0.249 e. The molecule has 2 aliphatic rings. The summed E-state index contributed by atoms with van der Waals surface area (Å²) in [5.41, 5.74) is 7.99. The fourth-order valence-corrected chi connectivity index (χ4v) is 2.12. The van der Waals surface area contributed by atoms with Crippen LogP contribution in [0.2, 0.25) is 0 Å². The van der Waals surface area contributed by atoms with Gasteiger partial charge in [-0.2, -0.15) is 0 Å². The normalized spacial score (nSPS) is 16.4. The summed E-state index contributed by atoms with van der Waals surface area (Å²) in [6.45, 7) is 0. The third kappa shape index (κ3) is 1.02. The minimum absolute atomic E-state index is 0.361. The largest absolute Gasteiger partial charge is 0.366 e. The second-order valence-electron chi connectivity index (χ2n) is 3.67. The van der Waals surface area contributed by atoms with Gasteiger partial charge in [0.05, 0.1) is 0 Å². The van der Waals surface area contributed by atoms with E-state index in [0.717, 1.165) is 16.4 Å². The standard InChI is InChI=1S/C13H9NO/c14-13(15)11-6-5-10-9-4-2-1-3-8(9)7-12(10)11/h1-7H,(H2,14,15). The summed E-state index contributed by atoms with van der Waals surface area (Å²) in [5.74, 6) is -0.361. The van der Waals surface area contributed by atoms with Crippen molar-refractivity contribution in [3.05, 3.63) is 58.0 Å². The summed E-state index contributed by atoms with van der Waals surface area (Å²) in [4.78, 5) is 11.2. The lowest BCUT2D eigenvalue weighted by Gasteiger charge is -1.95. The number of carbonyl (C=O) groups excluding carboxylic acids is 1. The van der Waals surface area contributed by atoms with Crippen LogP contribution in [0.25, 0.3) is 11.6 Å². The van der Waals surface area contributed by atoms with E-state index in [-0.39, 0.29) is 5.91 Å². The van der Waals surface area contributed by atoms with Gasteiger partial charge < -0.3 is 5.73 Å². The van der Waals surface area contributed by atoms with Gasteiger partial charge in [0, 0.05) is 5.57 Å². The summed E-state index contributed by atoms with van der Waals surface area (Å²) < 4.78 is 0. The molecule has 0 fully saturated rings. The van der Waals surface area contributed by atoms with Crippen LogP contribution in [0.3, 0.4) is 0 Å². The molecule has 0 saturated carbocycles. The molecule has 2 N–H and O–H groups in total. The number of rotatable bonds is 1. The number of fused-ring (bicyclic) bond motifs is 2. The molecule has 72 valence electrons. The molecule has 15 heavy (non-hydrogen) atoms. The predicted molar refractivity (Wildman–Crippen MR) is 58.9 cm³/mol. The molecule has 2 aliphatic carbocycles. The lowest BCUT2D eigenvalue weighted by molar-refractivity contribution is -0.114. The maximum atomic E-state index is 11.2. The van der Waals surface area contributed by atoms with E-state index in [0.29, 0.717) is 5.57 Å². The molecule has 0 atom stereocenters. The molecule has 0 radical (unpaired) electrons. The highest BCUT2D eigenvalue weighted by Crippen LogP contribution is 2.27. The highest BCUT2D eigenvalue weighted by Gasteiger charge is 2.19. The van der Waals surface area contributed by atoms with Gasteiger partial charge in [-0.15, -0.1) is 0 Å². The van der Waals surface area contributed by atoms with E-state index in [2.05, 4.69) is 6.07 Å². The molecule has 0 aromatic heterocycles. The van der Waals surface area contributed by atoms with E-state index in [4.69, 9.17) is 5.73 Å². The van der Waals surface area contributed by atoms with Crippen molar-refractivity contribution in [3.63, 3.8) is 0 Å². The topological polar surface area (TPSA) is 43.1 Å². The van der Waals surface area contributed by atoms with E-state index in [1.165, 1.54) is 5.22 Å². The van der Waals surface area contributed by atoms with Crippen molar-refractivity contribution < 1.29 is 4.79 Å². The van der Waals surface area contributed by atoms with Crippen molar-refractivity contribution in [2.75, 3.05) is 0 Å². The average molecular weight is 195 g/mol. The molecule has 3 rings (SSSR count). The molecule has 1 aromatic carbocycles. The lowest BCUT2D eigenvalue weighted by atomic mass is 10.1. The number of nitrogens with two attached hydrogens (primary N) is 1. The number of allylic oxidation sites excluding steroid dienone is 2. The van der Waals surface area contributed by atoms with Crippen LogP contribution in [0.4, 0.5) is 0 Å².